The van der Waals surface area contributed by atoms with Crippen molar-refractivity contribution in [3.05, 3.63) is 24.3 Å². The standard InChI is InChI=1S/C22H35N/c1-2-3-4-6-19-8-12-21(13-9-19)16-17-22-14-10-20(11-15-22)7-5-18-23/h5,7,16-17,19-22H,2-4,6,8-15H2,1H3. The van der Waals surface area contributed by atoms with Crippen molar-refractivity contribution in [1.29, 1.82) is 5.26 Å². The van der Waals surface area contributed by atoms with Gasteiger partial charge in [-0.3, -0.25) is 0 Å². The number of rotatable bonds is 7. The largest absolute Gasteiger partial charge is 0.193 e. The van der Waals surface area contributed by atoms with Crippen LogP contribution in [0.25, 0.3) is 0 Å². The molecule has 1 nitrogen and oxygen atoms in total. The minimum absolute atomic E-state index is 0.651. The molecule has 0 saturated heterocycles. The van der Waals surface area contributed by atoms with Gasteiger partial charge in [0.2, 0.25) is 0 Å². The van der Waals surface area contributed by atoms with E-state index in [0.29, 0.717) is 5.92 Å². The Morgan fingerprint density at radius 2 is 1.30 bits per heavy atom. The zero-order chi connectivity index (χ0) is 16.3. The minimum atomic E-state index is 0.651. The van der Waals surface area contributed by atoms with Crippen molar-refractivity contribution in [3.63, 3.8) is 0 Å². The highest BCUT2D eigenvalue weighted by Gasteiger charge is 2.21. The van der Waals surface area contributed by atoms with Crippen LogP contribution in [0.1, 0.15) is 84.0 Å². The lowest BCUT2D eigenvalue weighted by Crippen LogP contribution is -2.14. The molecule has 23 heavy (non-hydrogen) atoms. The Labute approximate surface area is 143 Å². The van der Waals surface area contributed by atoms with E-state index < -0.39 is 0 Å². The molecule has 0 bridgehead atoms. The molecule has 0 N–H and O–H groups in total. The van der Waals surface area contributed by atoms with Crippen molar-refractivity contribution in [2.75, 3.05) is 0 Å². The Balaban J connectivity index is 1.62. The summed E-state index contributed by atoms with van der Waals surface area (Å²) in [7, 11) is 0. The average molecular weight is 314 g/mol. The Morgan fingerprint density at radius 3 is 1.83 bits per heavy atom. The molecule has 0 spiro atoms. The monoisotopic (exact) mass is 313 g/mol. The summed E-state index contributed by atoms with van der Waals surface area (Å²) in [6, 6.07) is 2.12. The van der Waals surface area contributed by atoms with E-state index in [1.165, 1.54) is 77.0 Å². The molecular weight excluding hydrogens is 278 g/mol. The number of nitriles is 1. The molecule has 0 amide bonds. The summed E-state index contributed by atoms with van der Waals surface area (Å²) in [6.07, 6.45) is 25.5. The Hall–Kier alpha value is -1.03. The highest BCUT2D eigenvalue weighted by Crippen LogP contribution is 2.34. The van der Waals surface area contributed by atoms with Crippen LogP contribution < -0.4 is 0 Å². The van der Waals surface area contributed by atoms with Crippen LogP contribution in [0, 0.1) is 35.0 Å². The van der Waals surface area contributed by atoms with Gasteiger partial charge in [0.1, 0.15) is 0 Å². The minimum Gasteiger partial charge on any atom is -0.193 e. The number of hydrogen-bond donors (Lipinski definition) is 0. The predicted octanol–water partition coefficient (Wildman–Crippen LogP) is 6.82. The molecule has 0 atom stereocenters. The van der Waals surface area contributed by atoms with Crippen molar-refractivity contribution in [2.45, 2.75) is 84.0 Å². The summed E-state index contributed by atoms with van der Waals surface area (Å²) >= 11 is 0. The second-order valence-corrected chi connectivity index (χ2v) is 7.82. The van der Waals surface area contributed by atoms with Gasteiger partial charge in [0.05, 0.1) is 6.07 Å². The van der Waals surface area contributed by atoms with Crippen LogP contribution in [-0.4, -0.2) is 0 Å². The quantitative estimate of drug-likeness (QED) is 0.287. The third-order valence-corrected chi connectivity index (χ3v) is 6.02. The van der Waals surface area contributed by atoms with Crippen LogP contribution in [-0.2, 0) is 0 Å². The molecule has 0 radical (unpaired) electrons. The zero-order valence-electron chi connectivity index (χ0n) is 15.1. The smallest absolute Gasteiger partial charge is 0.0908 e. The summed E-state index contributed by atoms with van der Waals surface area (Å²) in [5.74, 6) is 3.32. The van der Waals surface area contributed by atoms with Crippen molar-refractivity contribution in [2.24, 2.45) is 23.7 Å². The van der Waals surface area contributed by atoms with E-state index in [2.05, 4.69) is 31.2 Å². The van der Waals surface area contributed by atoms with Crippen LogP contribution >= 0.6 is 0 Å². The van der Waals surface area contributed by atoms with Crippen LogP contribution in [0.15, 0.2) is 24.3 Å². The molecule has 1 heteroatoms. The van der Waals surface area contributed by atoms with Crippen LogP contribution in [0.3, 0.4) is 0 Å². The van der Waals surface area contributed by atoms with E-state index in [0.717, 1.165) is 17.8 Å². The maximum absolute atomic E-state index is 8.61. The molecule has 2 fully saturated rings. The fraction of sp³-hybridized carbons (Fsp3) is 0.773. The molecule has 2 rings (SSSR count). The van der Waals surface area contributed by atoms with Gasteiger partial charge in [0, 0.05) is 6.08 Å². The first-order valence-corrected chi connectivity index (χ1v) is 10.1. The lowest BCUT2D eigenvalue weighted by molar-refractivity contribution is 0.287. The molecule has 128 valence electrons. The highest BCUT2D eigenvalue weighted by atomic mass is 14.3. The van der Waals surface area contributed by atoms with E-state index in [9.17, 15) is 0 Å². The van der Waals surface area contributed by atoms with Gasteiger partial charge in [0.15, 0.2) is 0 Å². The van der Waals surface area contributed by atoms with Gasteiger partial charge in [-0.15, -0.1) is 0 Å². The van der Waals surface area contributed by atoms with E-state index in [4.69, 9.17) is 5.26 Å². The first-order valence-electron chi connectivity index (χ1n) is 10.1. The molecule has 0 aromatic heterocycles. The molecule has 2 saturated carbocycles. The molecule has 0 aromatic carbocycles. The van der Waals surface area contributed by atoms with Gasteiger partial charge in [0.25, 0.3) is 0 Å². The number of allylic oxidation sites excluding steroid dienone is 4. The number of unbranched alkanes of at least 4 members (excludes halogenated alkanes) is 2. The second-order valence-electron chi connectivity index (χ2n) is 7.82. The average Bonchev–Trinajstić information content (AvgIpc) is 2.60. The normalized spacial score (nSPS) is 32.3. The van der Waals surface area contributed by atoms with Gasteiger partial charge < -0.3 is 0 Å². The third-order valence-electron chi connectivity index (χ3n) is 6.02. The van der Waals surface area contributed by atoms with E-state index in [-0.39, 0.29) is 0 Å². The van der Waals surface area contributed by atoms with Crippen LogP contribution in [0.4, 0.5) is 0 Å². The molecule has 2 aliphatic rings. The van der Waals surface area contributed by atoms with E-state index in [1.54, 1.807) is 6.08 Å². The predicted molar refractivity (Wildman–Crippen MR) is 98.9 cm³/mol. The number of hydrogen-bond acceptors (Lipinski definition) is 1. The van der Waals surface area contributed by atoms with Crippen molar-refractivity contribution >= 4 is 0 Å². The topological polar surface area (TPSA) is 23.8 Å². The Kier molecular flexibility index (Phi) is 8.51. The second kappa shape index (κ2) is 10.7. The lowest BCUT2D eigenvalue weighted by atomic mass is 9.78. The van der Waals surface area contributed by atoms with Gasteiger partial charge in [-0.2, -0.15) is 5.26 Å². The first kappa shape index (κ1) is 18.3. The van der Waals surface area contributed by atoms with Gasteiger partial charge in [-0.25, -0.2) is 0 Å². The van der Waals surface area contributed by atoms with Gasteiger partial charge in [-0.05, 0) is 75.0 Å². The van der Waals surface area contributed by atoms with Crippen molar-refractivity contribution in [3.8, 4) is 6.07 Å². The Bertz CT molecular complexity index is 398. The molecule has 2 aliphatic carbocycles. The third kappa shape index (κ3) is 6.94. The maximum Gasteiger partial charge on any atom is 0.0908 e. The molecular formula is C22H35N. The molecule has 0 unspecified atom stereocenters. The van der Waals surface area contributed by atoms with Crippen molar-refractivity contribution < 1.29 is 0 Å². The first-order chi connectivity index (χ1) is 11.3. The van der Waals surface area contributed by atoms with Crippen molar-refractivity contribution in [1.82, 2.24) is 0 Å². The molecule has 0 aliphatic heterocycles. The fourth-order valence-corrected chi connectivity index (χ4v) is 4.38. The zero-order valence-corrected chi connectivity index (χ0v) is 15.1. The van der Waals surface area contributed by atoms with Crippen LogP contribution in [0.2, 0.25) is 0 Å². The Morgan fingerprint density at radius 1 is 0.783 bits per heavy atom. The fourth-order valence-electron chi connectivity index (χ4n) is 4.38. The summed E-state index contributed by atoms with van der Waals surface area (Å²) in [6.45, 7) is 2.30. The summed E-state index contributed by atoms with van der Waals surface area (Å²) in [5, 5.41) is 8.61. The lowest BCUT2D eigenvalue weighted by Gasteiger charge is -2.28. The van der Waals surface area contributed by atoms with E-state index >= 15 is 0 Å². The molecule has 0 heterocycles. The SMILES string of the molecule is CCCCCC1CCC(C=CC2CCC(C=CC#N)CC2)CC1. The maximum atomic E-state index is 8.61. The number of nitrogens with zero attached hydrogens (tertiary/aromatic N) is 1. The summed E-state index contributed by atoms with van der Waals surface area (Å²) in [4.78, 5) is 0. The summed E-state index contributed by atoms with van der Waals surface area (Å²) in [5.41, 5.74) is 0. The van der Waals surface area contributed by atoms with E-state index in [1.807, 2.05) is 0 Å². The van der Waals surface area contributed by atoms with Crippen LogP contribution in [0.5, 0.6) is 0 Å². The van der Waals surface area contributed by atoms with Gasteiger partial charge in [-0.1, -0.05) is 50.8 Å². The van der Waals surface area contributed by atoms with Gasteiger partial charge >= 0.3 is 0 Å². The summed E-state index contributed by atoms with van der Waals surface area (Å²) < 4.78 is 0. The highest BCUT2D eigenvalue weighted by molar-refractivity contribution is 5.05. The molecule has 0 aromatic rings.